The molecule has 0 saturated heterocycles. The predicted molar refractivity (Wildman–Crippen MR) is 75.3 cm³/mol. The van der Waals surface area contributed by atoms with Crippen LogP contribution in [0.25, 0.3) is 0 Å². The fourth-order valence-electron chi connectivity index (χ4n) is 2.45. The lowest BCUT2D eigenvalue weighted by Gasteiger charge is -2.19. The minimum absolute atomic E-state index is 0.802. The highest BCUT2D eigenvalue weighted by atomic mass is 32.2. The Balaban J connectivity index is 2.06. The van der Waals surface area contributed by atoms with E-state index in [9.17, 15) is 0 Å². The topological polar surface area (TPSA) is 15.3 Å². The summed E-state index contributed by atoms with van der Waals surface area (Å²) in [4.78, 5) is 2.52. The van der Waals surface area contributed by atoms with E-state index in [0.717, 1.165) is 17.8 Å². The molecule has 1 N–H and O–H groups in total. The first-order valence-corrected chi connectivity index (χ1v) is 7.92. The van der Waals surface area contributed by atoms with Crippen LogP contribution in [0.3, 0.4) is 0 Å². The lowest BCUT2D eigenvalue weighted by Crippen LogP contribution is -2.27. The molecule has 0 aliphatic heterocycles. The highest BCUT2D eigenvalue weighted by Crippen LogP contribution is 2.29. The van der Waals surface area contributed by atoms with Gasteiger partial charge in [-0.1, -0.05) is 20.8 Å². The molecule has 16 heavy (non-hydrogen) atoms. The maximum absolute atomic E-state index is 3.57. The zero-order valence-corrected chi connectivity index (χ0v) is 12.0. The summed E-state index contributed by atoms with van der Waals surface area (Å²) in [7, 11) is 0. The quantitative estimate of drug-likeness (QED) is 0.706. The molecule has 0 amide bonds. The Labute approximate surface area is 106 Å². The molecule has 1 saturated carbocycles. The van der Waals surface area contributed by atoms with Gasteiger partial charge in [-0.3, -0.25) is 0 Å². The van der Waals surface area contributed by atoms with E-state index in [4.69, 9.17) is 0 Å². The van der Waals surface area contributed by atoms with Crippen molar-refractivity contribution in [3.05, 3.63) is 0 Å². The molecule has 1 rings (SSSR count). The summed E-state index contributed by atoms with van der Waals surface area (Å²) in [6.45, 7) is 11.5. The summed E-state index contributed by atoms with van der Waals surface area (Å²) in [5.41, 5.74) is 0. The third-order valence-electron chi connectivity index (χ3n) is 3.53. The van der Waals surface area contributed by atoms with Crippen LogP contribution in [0.2, 0.25) is 0 Å². The summed E-state index contributed by atoms with van der Waals surface area (Å²) < 4.78 is 0. The predicted octanol–water partition coefficient (Wildman–Crippen LogP) is 2.59. The maximum atomic E-state index is 3.57. The molecule has 2 unspecified atom stereocenters. The van der Waals surface area contributed by atoms with Gasteiger partial charge in [0.25, 0.3) is 0 Å². The van der Waals surface area contributed by atoms with Gasteiger partial charge >= 0.3 is 0 Å². The van der Waals surface area contributed by atoms with Gasteiger partial charge in [0.15, 0.2) is 0 Å². The second-order valence-electron chi connectivity index (χ2n) is 4.59. The van der Waals surface area contributed by atoms with Gasteiger partial charge in [0.1, 0.15) is 0 Å². The van der Waals surface area contributed by atoms with Gasteiger partial charge in [-0.25, -0.2) is 0 Å². The molecule has 1 aliphatic rings. The first-order chi connectivity index (χ1) is 7.80. The van der Waals surface area contributed by atoms with Crippen LogP contribution in [0.4, 0.5) is 0 Å². The van der Waals surface area contributed by atoms with Crippen LogP contribution < -0.4 is 5.32 Å². The number of nitrogens with zero attached hydrogens (tertiary/aromatic N) is 1. The van der Waals surface area contributed by atoms with E-state index < -0.39 is 0 Å². The Morgan fingerprint density at radius 3 is 2.56 bits per heavy atom. The van der Waals surface area contributed by atoms with Crippen LogP contribution in [0, 0.1) is 0 Å². The van der Waals surface area contributed by atoms with Crippen molar-refractivity contribution in [1.29, 1.82) is 0 Å². The van der Waals surface area contributed by atoms with E-state index >= 15 is 0 Å². The average molecular weight is 244 g/mol. The minimum atomic E-state index is 0.802. The van der Waals surface area contributed by atoms with E-state index in [2.05, 4.69) is 42.7 Å². The molecule has 3 heteroatoms. The van der Waals surface area contributed by atoms with Crippen molar-refractivity contribution in [2.45, 2.75) is 51.3 Å². The molecule has 1 aliphatic carbocycles. The third-order valence-corrected chi connectivity index (χ3v) is 4.85. The van der Waals surface area contributed by atoms with E-state index in [1.807, 2.05) is 0 Å². The lowest BCUT2D eigenvalue weighted by atomic mass is 10.2. The van der Waals surface area contributed by atoms with Crippen LogP contribution >= 0.6 is 11.8 Å². The zero-order chi connectivity index (χ0) is 11.8. The van der Waals surface area contributed by atoms with Crippen molar-refractivity contribution in [2.24, 2.45) is 0 Å². The summed E-state index contributed by atoms with van der Waals surface area (Å²) in [6.07, 6.45) is 4.19. The third kappa shape index (κ3) is 5.07. The molecule has 96 valence electrons. The Morgan fingerprint density at radius 2 is 1.94 bits per heavy atom. The van der Waals surface area contributed by atoms with Crippen LogP contribution in [0.1, 0.15) is 40.0 Å². The van der Waals surface area contributed by atoms with Gasteiger partial charge in [-0.05, 0) is 38.9 Å². The molecule has 0 aromatic rings. The Morgan fingerprint density at radius 1 is 1.19 bits per heavy atom. The van der Waals surface area contributed by atoms with Gasteiger partial charge in [-0.15, -0.1) is 0 Å². The number of rotatable bonds is 8. The van der Waals surface area contributed by atoms with E-state index in [-0.39, 0.29) is 0 Å². The summed E-state index contributed by atoms with van der Waals surface area (Å²) in [5.74, 6) is 1.31. The second-order valence-corrected chi connectivity index (χ2v) is 6.00. The van der Waals surface area contributed by atoms with Crippen LogP contribution in [-0.2, 0) is 0 Å². The van der Waals surface area contributed by atoms with Crippen molar-refractivity contribution in [3.8, 4) is 0 Å². The van der Waals surface area contributed by atoms with Gasteiger partial charge in [0.2, 0.25) is 0 Å². The molecule has 0 heterocycles. The number of thioether (sulfide) groups is 1. The standard InChI is InChI=1S/C13H28N2S/c1-4-14-12-7-8-13(11-12)16-10-9-15(5-2)6-3/h12-14H,4-11H2,1-3H3. The Kier molecular flexibility index (Phi) is 7.50. The number of nitrogens with one attached hydrogen (secondary N) is 1. The molecule has 0 spiro atoms. The van der Waals surface area contributed by atoms with Crippen molar-refractivity contribution in [3.63, 3.8) is 0 Å². The average Bonchev–Trinajstić information content (AvgIpc) is 2.73. The van der Waals surface area contributed by atoms with Crippen molar-refractivity contribution in [2.75, 3.05) is 31.9 Å². The number of hydrogen-bond acceptors (Lipinski definition) is 3. The van der Waals surface area contributed by atoms with E-state index in [1.165, 1.54) is 44.6 Å². The van der Waals surface area contributed by atoms with Gasteiger partial charge in [0, 0.05) is 23.6 Å². The largest absolute Gasteiger partial charge is 0.314 e. The monoisotopic (exact) mass is 244 g/mol. The Bertz CT molecular complexity index is 171. The highest BCUT2D eigenvalue weighted by molar-refractivity contribution is 7.99. The molecule has 0 aromatic carbocycles. The fraction of sp³-hybridized carbons (Fsp3) is 1.00. The summed E-state index contributed by atoms with van der Waals surface area (Å²) in [5, 5.41) is 4.49. The molecule has 2 atom stereocenters. The molecule has 0 radical (unpaired) electrons. The molecular weight excluding hydrogens is 216 g/mol. The normalized spacial score (nSPS) is 25.5. The number of hydrogen-bond donors (Lipinski definition) is 1. The molecule has 0 bridgehead atoms. The van der Waals surface area contributed by atoms with E-state index in [0.29, 0.717) is 0 Å². The summed E-state index contributed by atoms with van der Waals surface area (Å²) in [6, 6.07) is 0.802. The van der Waals surface area contributed by atoms with Crippen molar-refractivity contribution in [1.82, 2.24) is 10.2 Å². The molecule has 0 aromatic heterocycles. The molecular formula is C13H28N2S. The maximum Gasteiger partial charge on any atom is 0.00778 e. The van der Waals surface area contributed by atoms with E-state index in [1.54, 1.807) is 0 Å². The van der Waals surface area contributed by atoms with Crippen LogP contribution in [0.5, 0.6) is 0 Å². The van der Waals surface area contributed by atoms with Crippen LogP contribution in [0.15, 0.2) is 0 Å². The summed E-state index contributed by atoms with van der Waals surface area (Å²) >= 11 is 2.19. The molecule has 2 nitrogen and oxygen atoms in total. The Hall–Kier alpha value is 0.270. The molecule has 1 fully saturated rings. The van der Waals surface area contributed by atoms with Gasteiger partial charge < -0.3 is 10.2 Å². The second kappa shape index (κ2) is 8.37. The van der Waals surface area contributed by atoms with Crippen molar-refractivity contribution < 1.29 is 0 Å². The zero-order valence-electron chi connectivity index (χ0n) is 11.2. The van der Waals surface area contributed by atoms with Gasteiger partial charge in [0.05, 0.1) is 0 Å². The fourth-order valence-corrected chi connectivity index (χ4v) is 3.82. The minimum Gasteiger partial charge on any atom is -0.314 e. The SMILES string of the molecule is CCNC1CCC(SCCN(CC)CC)C1. The lowest BCUT2D eigenvalue weighted by molar-refractivity contribution is 0.323. The smallest absolute Gasteiger partial charge is 0.00778 e. The van der Waals surface area contributed by atoms with Crippen LogP contribution in [-0.4, -0.2) is 48.1 Å². The van der Waals surface area contributed by atoms with Gasteiger partial charge in [-0.2, -0.15) is 11.8 Å². The first kappa shape index (κ1) is 14.3. The highest BCUT2D eigenvalue weighted by Gasteiger charge is 2.23. The van der Waals surface area contributed by atoms with Crippen molar-refractivity contribution >= 4 is 11.8 Å². The first-order valence-electron chi connectivity index (χ1n) is 6.87.